The van der Waals surface area contributed by atoms with Gasteiger partial charge in [-0.05, 0) is 67.6 Å². The van der Waals surface area contributed by atoms with Crippen LogP contribution in [-0.4, -0.2) is 0 Å². The molecule has 1 aliphatic rings. The first-order valence-corrected chi connectivity index (χ1v) is 7.52. The van der Waals surface area contributed by atoms with Crippen molar-refractivity contribution in [3.05, 3.63) is 35.4 Å². The molecule has 20 heavy (non-hydrogen) atoms. The zero-order valence-electron chi connectivity index (χ0n) is 12.2. The molecule has 3 heteroatoms. The van der Waals surface area contributed by atoms with E-state index in [2.05, 4.69) is 13.8 Å². The van der Waals surface area contributed by atoms with Gasteiger partial charge in [0.25, 0.3) is 0 Å². The van der Waals surface area contributed by atoms with Crippen LogP contribution in [0.1, 0.15) is 50.7 Å². The smallest absolute Gasteiger partial charge is 0.166 e. The Morgan fingerprint density at radius 3 is 2.00 bits per heavy atom. The van der Waals surface area contributed by atoms with Crippen LogP contribution in [0.4, 0.5) is 13.2 Å². The van der Waals surface area contributed by atoms with Crippen LogP contribution < -0.4 is 0 Å². The highest BCUT2D eigenvalue weighted by Gasteiger charge is 2.30. The van der Waals surface area contributed by atoms with E-state index in [4.69, 9.17) is 0 Å². The van der Waals surface area contributed by atoms with Gasteiger partial charge >= 0.3 is 6.18 Å². The molecule has 0 spiro atoms. The van der Waals surface area contributed by atoms with Crippen molar-refractivity contribution in [2.75, 3.05) is 0 Å². The predicted octanol–water partition coefficient (Wildman–Crippen LogP) is 5.71. The summed E-state index contributed by atoms with van der Waals surface area (Å²) in [6, 6.07) is 5.68. The molecule has 0 bridgehead atoms. The van der Waals surface area contributed by atoms with Crippen molar-refractivity contribution in [1.29, 1.82) is 0 Å². The average Bonchev–Trinajstić information content (AvgIpc) is 2.39. The maximum atomic E-state index is 12.5. The Hall–Kier alpha value is -0.990. The van der Waals surface area contributed by atoms with E-state index in [9.17, 15) is 13.2 Å². The second kappa shape index (κ2) is 6.19. The summed E-state index contributed by atoms with van der Waals surface area (Å²) in [7, 11) is 0. The lowest BCUT2D eigenvalue weighted by Crippen LogP contribution is -2.19. The number of halogens is 3. The molecule has 0 atom stereocenters. The van der Waals surface area contributed by atoms with Crippen LogP contribution in [0.3, 0.4) is 0 Å². The molecule has 0 aliphatic heterocycles. The Morgan fingerprint density at radius 1 is 1.00 bits per heavy atom. The third-order valence-corrected chi connectivity index (χ3v) is 4.64. The molecule has 1 aromatic carbocycles. The quantitative estimate of drug-likeness (QED) is 0.667. The largest absolute Gasteiger partial charge is 0.416 e. The standard InChI is InChI=1S/C17H23F3/c1-12(2)15-7-3-13(4-8-15)11-14-5-9-16(10-6-14)17(18,19)20/h5-6,9-10,12-13,15H,3-4,7-8,11H2,1-2H3. The predicted molar refractivity (Wildman–Crippen MR) is 75.4 cm³/mol. The van der Waals surface area contributed by atoms with Crippen molar-refractivity contribution in [2.24, 2.45) is 17.8 Å². The van der Waals surface area contributed by atoms with Gasteiger partial charge in [-0.3, -0.25) is 0 Å². The molecule has 0 nitrogen and oxygen atoms in total. The van der Waals surface area contributed by atoms with Crippen LogP contribution >= 0.6 is 0 Å². The summed E-state index contributed by atoms with van der Waals surface area (Å²) in [4.78, 5) is 0. The van der Waals surface area contributed by atoms with Crippen molar-refractivity contribution < 1.29 is 13.2 Å². The molecule has 0 amide bonds. The van der Waals surface area contributed by atoms with Gasteiger partial charge in [-0.2, -0.15) is 13.2 Å². The second-order valence-electron chi connectivity index (χ2n) is 6.42. The maximum Gasteiger partial charge on any atom is 0.416 e. The molecule has 1 saturated carbocycles. The zero-order valence-corrected chi connectivity index (χ0v) is 12.2. The van der Waals surface area contributed by atoms with Crippen LogP contribution in [0, 0.1) is 17.8 Å². The molecular weight excluding hydrogens is 261 g/mol. The minimum atomic E-state index is -4.23. The van der Waals surface area contributed by atoms with E-state index in [-0.39, 0.29) is 0 Å². The van der Waals surface area contributed by atoms with Crippen LogP contribution in [0.2, 0.25) is 0 Å². The summed E-state index contributed by atoms with van der Waals surface area (Å²) >= 11 is 0. The van der Waals surface area contributed by atoms with Crippen molar-refractivity contribution >= 4 is 0 Å². The SMILES string of the molecule is CC(C)C1CCC(Cc2ccc(C(F)(F)F)cc2)CC1. The summed E-state index contributed by atoms with van der Waals surface area (Å²) in [5, 5.41) is 0. The van der Waals surface area contributed by atoms with Gasteiger partial charge in [-0.25, -0.2) is 0 Å². The number of hydrogen-bond acceptors (Lipinski definition) is 0. The summed E-state index contributed by atoms with van der Waals surface area (Å²) in [6.45, 7) is 4.56. The molecule has 1 aliphatic carbocycles. The van der Waals surface area contributed by atoms with Crippen molar-refractivity contribution in [1.82, 2.24) is 0 Å². The fourth-order valence-electron chi connectivity index (χ4n) is 3.22. The normalized spacial score (nSPS) is 24.1. The first-order valence-electron chi connectivity index (χ1n) is 7.52. The first-order chi connectivity index (χ1) is 9.36. The second-order valence-corrected chi connectivity index (χ2v) is 6.42. The molecule has 0 unspecified atom stereocenters. The Balaban J connectivity index is 1.89. The fraction of sp³-hybridized carbons (Fsp3) is 0.647. The molecule has 0 heterocycles. The number of hydrogen-bond donors (Lipinski definition) is 0. The molecule has 0 saturated heterocycles. The van der Waals surface area contributed by atoms with E-state index in [1.807, 2.05) is 0 Å². The minimum absolute atomic E-state index is 0.551. The minimum Gasteiger partial charge on any atom is -0.166 e. The van der Waals surface area contributed by atoms with Crippen molar-refractivity contribution in [3.8, 4) is 0 Å². The topological polar surface area (TPSA) is 0 Å². The third-order valence-electron chi connectivity index (χ3n) is 4.64. The number of rotatable bonds is 3. The highest BCUT2D eigenvalue weighted by Crippen LogP contribution is 2.35. The van der Waals surface area contributed by atoms with Gasteiger partial charge in [-0.15, -0.1) is 0 Å². The van der Waals surface area contributed by atoms with E-state index in [1.54, 1.807) is 12.1 Å². The molecule has 0 N–H and O–H groups in total. The van der Waals surface area contributed by atoms with E-state index < -0.39 is 11.7 Å². The van der Waals surface area contributed by atoms with E-state index >= 15 is 0 Å². The van der Waals surface area contributed by atoms with Crippen LogP contribution in [0.25, 0.3) is 0 Å². The lowest BCUT2D eigenvalue weighted by molar-refractivity contribution is -0.137. The maximum absolute atomic E-state index is 12.5. The van der Waals surface area contributed by atoms with Crippen molar-refractivity contribution in [2.45, 2.75) is 52.1 Å². The molecule has 1 aromatic rings. The Morgan fingerprint density at radius 2 is 1.55 bits per heavy atom. The van der Waals surface area contributed by atoms with E-state index in [0.29, 0.717) is 5.92 Å². The Kier molecular flexibility index (Phi) is 4.77. The number of alkyl halides is 3. The van der Waals surface area contributed by atoms with Gasteiger partial charge in [0.2, 0.25) is 0 Å². The van der Waals surface area contributed by atoms with Gasteiger partial charge in [0.1, 0.15) is 0 Å². The summed E-state index contributed by atoms with van der Waals surface area (Å²) in [5.41, 5.74) is 0.482. The lowest BCUT2D eigenvalue weighted by Gasteiger charge is -2.31. The Labute approximate surface area is 119 Å². The van der Waals surface area contributed by atoms with Crippen LogP contribution in [0.15, 0.2) is 24.3 Å². The zero-order chi connectivity index (χ0) is 14.8. The lowest BCUT2D eigenvalue weighted by atomic mass is 9.75. The molecule has 112 valence electrons. The molecular formula is C17H23F3. The molecule has 0 radical (unpaired) electrons. The summed E-state index contributed by atoms with van der Waals surface area (Å²) in [6.07, 6.45) is 1.65. The molecule has 1 fully saturated rings. The average molecular weight is 284 g/mol. The van der Waals surface area contributed by atoms with E-state index in [0.717, 1.165) is 23.8 Å². The molecule has 0 aromatic heterocycles. The highest BCUT2D eigenvalue weighted by molar-refractivity contribution is 5.24. The van der Waals surface area contributed by atoms with Gasteiger partial charge in [0, 0.05) is 0 Å². The van der Waals surface area contributed by atoms with Gasteiger partial charge in [-0.1, -0.05) is 26.0 Å². The molecule has 2 rings (SSSR count). The van der Waals surface area contributed by atoms with Crippen LogP contribution in [-0.2, 0) is 12.6 Å². The van der Waals surface area contributed by atoms with Gasteiger partial charge < -0.3 is 0 Å². The van der Waals surface area contributed by atoms with Gasteiger partial charge in [0.15, 0.2) is 0 Å². The van der Waals surface area contributed by atoms with E-state index in [1.165, 1.54) is 37.8 Å². The van der Waals surface area contributed by atoms with Gasteiger partial charge in [0.05, 0.1) is 5.56 Å². The highest BCUT2D eigenvalue weighted by atomic mass is 19.4. The number of benzene rings is 1. The monoisotopic (exact) mass is 284 g/mol. The van der Waals surface area contributed by atoms with Crippen LogP contribution in [0.5, 0.6) is 0 Å². The summed E-state index contributed by atoms with van der Waals surface area (Å²) in [5.74, 6) is 2.22. The Bertz CT molecular complexity index is 409. The van der Waals surface area contributed by atoms with Crippen molar-refractivity contribution in [3.63, 3.8) is 0 Å². The summed E-state index contributed by atoms with van der Waals surface area (Å²) < 4.78 is 37.5. The first kappa shape index (κ1) is 15.4. The third kappa shape index (κ3) is 4.00. The fourth-order valence-corrected chi connectivity index (χ4v) is 3.22.